The number of hydrogen-bond acceptors (Lipinski definition) is 7. The number of carbonyl (C=O) groups excluding carboxylic acids is 1. The van der Waals surface area contributed by atoms with Gasteiger partial charge in [0, 0.05) is 16.8 Å². The van der Waals surface area contributed by atoms with Crippen LogP contribution in [0.25, 0.3) is 10.2 Å². The van der Waals surface area contributed by atoms with E-state index in [0.29, 0.717) is 19.0 Å². The zero-order valence-corrected chi connectivity index (χ0v) is 19.6. The molecule has 31 heavy (non-hydrogen) atoms. The number of hydrogen-bond donors (Lipinski definition) is 0. The molecule has 0 spiro atoms. The fourth-order valence-corrected chi connectivity index (χ4v) is 6.47. The highest BCUT2D eigenvalue weighted by atomic mass is 32.2. The van der Waals surface area contributed by atoms with E-state index in [9.17, 15) is 4.79 Å². The molecule has 4 heterocycles. The molecule has 1 atom stereocenters. The monoisotopic (exact) mass is 455 g/mol. The number of ether oxygens (including phenoxy) is 2. The maximum Gasteiger partial charge on any atom is 0.233 e. The van der Waals surface area contributed by atoms with Crippen LogP contribution in [-0.4, -0.2) is 46.3 Å². The van der Waals surface area contributed by atoms with Gasteiger partial charge in [-0.2, -0.15) is 0 Å². The Balaban J connectivity index is 1.34. The topological polar surface area (TPSA) is 64.6 Å². The van der Waals surface area contributed by atoms with E-state index in [4.69, 9.17) is 9.47 Å². The Morgan fingerprint density at radius 1 is 1.19 bits per heavy atom. The third-order valence-corrected chi connectivity index (χ3v) is 8.03. The first-order chi connectivity index (χ1) is 15.0. The van der Waals surface area contributed by atoms with Gasteiger partial charge in [0.2, 0.25) is 5.91 Å². The van der Waals surface area contributed by atoms with E-state index >= 15 is 0 Å². The van der Waals surface area contributed by atoms with Crippen LogP contribution in [0.5, 0.6) is 11.5 Å². The summed E-state index contributed by atoms with van der Waals surface area (Å²) in [6.45, 7) is 8.06. The Morgan fingerprint density at radius 2 is 2.00 bits per heavy atom. The van der Waals surface area contributed by atoms with Crippen LogP contribution in [0.2, 0.25) is 0 Å². The minimum Gasteiger partial charge on any atom is -0.486 e. The third-order valence-electron chi connectivity index (χ3n) is 5.96. The number of carbonyl (C=O) groups is 1. The number of aromatic nitrogens is 2. The quantitative estimate of drug-likeness (QED) is 0.414. The summed E-state index contributed by atoms with van der Waals surface area (Å²) in [7, 11) is 0. The van der Waals surface area contributed by atoms with E-state index in [-0.39, 0.29) is 11.9 Å². The Kier molecular flexibility index (Phi) is 5.52. The summed E-state index contributed by atoms with van der Waals surface area (Å²) in [4.78, 5) is 26.7. The molecular weight excluding hydrogens is 430 g/mol. The lowest BCUT2D eigenvalue weighted by molar-refractivity contribution is -0.129. The number of amides is 1. The van der Waals surface area contributed by atoms with Crippen LogP contribution >= 0.6 is 23.1 Å². The fourth-order valence-electron chi connectivity index (χ4n) is 4.31. The summed E-state index contributed by atoms with van der Waals surface area (Å²) in [6.07, 6.45) is 1.98. The molecule has 0 radical (unpaired) electrons. The summed E-state index contributed by atoms with van der Waals surface area (Å²) >= 11 is 3.22. The molecule has 162 valence electrons. The zero-order chi connectivity index (χ0) is 21.5. The SMILES string of the molecule is Cc1nc(SCC(=O)N2CCC[C@H]2c2ccc3c(c2)OCCO3)c2c(C)c(C)sc2n1. The van der Waals surface area contributed by atoms with Crippen LogP contribution in [-0.2, 0) is 4.79 Å². The second kappa shape index (κ2) is 8.31. The van der Waals surface area contributed by atoms with Gasteiger partial charge < -0.3 is 14.4 Å². The first kappa shape index (κ1) is 20.6. The maximum absolute atomic E-state index is 13.2. The van der Waals surface area contributed by atoms with E-state index in [1.807, 2.05) is 24.0 Å². The number of thioether (sulfide) groups is 1. The number of fused-ring (bicyclic) bond motifs is 2. The van der Waals surface area contributed by atoms with Crippen molar-refractivity contribution in [3.05, 3.63) is 40.0 Å². The van der Waals surface area contributed by atoms with Gasteiger partial charge in [0.15, 0.2) is 11.5 Å². The zero-order valence-electron chi connectivity index (χ0n) is 17.9. The molecular formula is C23H25N3O3S2. The van der Waals surface area contributed by atoms with Gasteiger partial charge in [-0.15, -0.1) is 11.3 Å². The number of benzene rings is 1. The molecule has 1 aromatic carbocycles. The van der Waals surface area contributed by atoms with E-state index in [1.165, 1.54) is 22.2 Å². The summed E-state index contributed by atoms with van der Waals surface area (Å²) in [5, 5.41) is 2.00. The van der Waals surface area contributed by atoms with Crippen LogP contribution in [0.4, 0.5) is 0 Å². The summed E-state index contributed by atoms with van der Waals surface area (Å²) in [6, 6.07) is 6.14. The molecule has 0 saturated carbocycles. The Morgan fingerprint density at radius 3 is 2.84 bits per heavy atom. The van der Waals surface area contributed by atoms with Gasteiger partial charge in [0.1, 0.15) is 28.9 Å². The van der Waals surface area contributed by atoms with Gasteiger partial charge in [0.25, 0.3) is 0 Å². The highest BCUT2D eigenvalue weighted by Crippen LogP contribution is 2.39. The summed E-state index contributed by atoms with van der Waals surface area (Å²) in [5.41, 5.74) is 2.33. The molecule has 0 unspecified atom stereocenters. The highest BCUT2D eigenvalue weighted by molar-refractivity contribution is 8.00. The molecule has 2 aliphatic rings. The second-order valence-corrected chi connectivity index (χ2v) is 10.1. The van der Waals surface area contributed by atoms with Gasteiger partial charge in [-0.1, -0.05) is 17.8 Å². The molecule has 0 aliphatic carbocycles. The van der Waals surface area contributed by atoms with Crippen molar-refractivity contribution in [2.75, 3.05) is 25.5 Å². The van der Waals surface area contributed by atoms with E-state index in [2.05, 4.69) is 29.9 Å². The van der Waals surface area contributed by atoms with Gasteiger partial charge >= 0.3 is 0 Å². The summed E-state index contributed by atoms with van der Waals surface area (Å²) < 4.78 is 11.4. The Bertz CT molecular complexity index is 1160. The molecule has 0 N–H and O–H groups in total. The molecule has 3 aromatic rings. The van der Waals surface area contributed by atoms with Crippen molar-refractivity contribution in [1.29, 1.82) is 0 Å². The predicted molar refractivity (Wildman–Crippen MR) is 123 cm³/mol. The fraction of sp³-hybridized carbons (Fsp3) is 0.435. The first-order valence-corrected chi connectivity index (χ1v) is 12.4. The lowest BCUT2D eigenvalue weighted by atomic mass is 10.0. The van der Waals surface area contributed by atoms with Gasteiger partial charge in [-0.05, 0) is 56.9 Å². The van der Waals surface area contributed by atoms with Crippen LogP contribution < -0.4 is 9.47 Å². The van der Waals surface area contributed by atoms with Crippen LogP contribution in [0.15, 0.2) is 23.2 Å². The molecule has 2 aliphatic heterocycles. The highest BCUT2D eigenvalue weighted by Gasteiger charge is 2.31. The molecule has 0 bridgehead atoms. The van der Waals surface area contributed by atoms with Gasteiger partial charge in [0.05, 0.1) is 11.8 Å². The molecule has 6 nitrogen and oxygen atoms in total. The molecule has 2 aromatic heterocycles. The van der Waals surface area contributed by atoms with Gasteiger partial charge in [-0.3, -0.25) is 4.79 Å². The lowest BCUT2D eigenvalue weighted by Gasteiger charge is -2.26. The van der Waals surface area contributed by atoms with Crippen LogP contribution in [0.3, 0.4) is 0 Å². The second-order valence-electron chi connectivity index (χ2n) is 7.98. The normalized spacial score (nSPS) is 18.0. The average molecular weight is 456 g/mol. The number of aryl methyl sites for hydroxylation is 3. The van der Waals surface area contributed by atoms with Crippen molar-refractivity contribution < 1.29 is 14.3 Å². The lowest BCUT2D eigenvalue weighted by Crippen LogP contribution is -2.32. The number of nitrogens with zero attached hydrogens (tertiary/aromatic N) is 3. The number of likely N-dealkylation sites (tertiary alicyclic amines) is 1. The minimum absolute atomic E-state index is 0.0845. The minimum atomic E-state index is 0.0845. The predicted octanol–water partition coefficient (Wildman–Crippen LogP) is 4.84. The maximum atomic E-state index is 13.2. The molecule has 1 saturated heterocycles. The standard InChI is InChI=1S/C23H25N3O3S2/c1-13-14(2)31-23-21(13)22(24-15(3)25-23)30-12-20(27)26-8-4-5-17(26)16-6-7-18-19(11-16)29-10-9-28-18/h6-7,11,17H,4-5,8-10,12H2,1-3H3/t17-/m0/s1. The molecule has 8 heteroatoms. The number of rotatable bonds is 4. The number of thiophene rings is 1. The molecule has 1 fully saturated rings. The Hall–Kier alpha value is -2.32. The van der Waals surface area contributed by atoms with Crippen molar-refractivity contribution in [2.24, 2.45) is 0 Å². The van der Waals surface area contributed by atoms with E-state index in [1.54, 1.807) is 11.3 Å². The van der Waals surface area contributed by atoms with E-state index in [0.717, 1.165) is 57.5 Å². The van der Waals surface area contributed by atoms with Crippen LogP contribution in [0, 0.1) is 20.8 Å². The van der Waals surface area contributed by atoms with Crippen LogP contribution in [0.1, 0.15) is 40.7 Å². The molecule has 1 amide bonds. The largest absolute Gasteiger partial charge is 0.486 e. The van der Waals surface area contributed by atoms with Crippen molar-refractivity contribution in [2.45, 2.75) is 44.7 Å². The van der Waals surface area contributed by atoms with Crippen molar-refractivity contribution in [3.63, 3.8) is 0 Å². The molecule has 5 rings (SSSR count). The van der Waals surface area contributed by atoms with Gasteiger partial charge in [-0.25, -0.2) is 9.97 Å². The Labute approximate surface area is 190 Å². The average Bonchev–Trinajstić information content (AvgIpc) is 3.36. The first-order valence-electron chi connectivity index (χ1n) is 10.6. The van der Waals surface area contributed by atoms with E-state index < -0.39 is 0 Å². The van der Waals surface area contributed by atoms with Crippen molar-refractivity contribution >= 4 is 39.2 Å². The van der Waals surface area contributed by atoms with Crippen molar-refractivity contribution in [1.82, 2.24) is 14.9 Å². The summed E-state index contributed by atoms with van der Waals surface area (Å²) in [5.74, 6) is 2.84. The third kappa shape index (κ3) is 3.87. The van der Waals surface area contributed by atoms with Crippen molar-refractivity contribution in [3.8, 4) is 11.5 Å². The smallest absolute Gasteiger partial charge is 0.233 e.